The Morgan fingerprint density at radius 2 is 2.00 bits per heavy atom. The maximum absolute atomic E-state index is 12.2. The highest BCUT2D eigenvalue weighted by atomic mass is 16.5. The van der Waals surface area contributed by atoms with E-state index in [0.29, 0.717) is 46.7 Å². The van der Waals surface area contributed by atoms with Crippen molar-refractivity contribution in [2.24, 2.45) is 40.4 Å². The minimum atomic E-state index is -0.178. The van der Waals surface area contributed by atoms with E-state index < -0.39 is 0 Å². The van der Waals surface area contributed by atoms with E-state index in [1.165, 1.54) is 32.1 Å². The molecule has 154 valence electrons. The Bertz CT molecular complexity index is 700. The first-order valence-corrected chi connectivity index (χ1v) is 11.5. The van der Waals surface area contributed by atoms with Crippen molar-refractivity contribution in [2.45, 2.75) is 85.0 Å². The molecule has 0 saturated heterocycles. The summed E-state index contributed by atoms with van der Waals surface area (Å²) < 4.78 is 5.20. The SMILES string of the molecule is CCC(=O)OCC#CC1CC2CC(=O)CC[C@]2(C)[C@@H]2CC[C@]3(C)CCC[C@H]3[C@H]12. The molecule has 4 saturated carbocycles. The molecule has 0 amide bonds. The van der Waals surface area contributed by atoms with Gasteiger partial charge in [0.15, 0.2) is 6.61 Å². The van der Waals surface area contributed by atoms with E-state index in [9.17, 15) is 9.59 Å². The largest absolute Gasteiger partial charge is 0.452 e. The fourth-order valence-corrected chi connectivity index (χ4v) is 7.59. The quantitative estimate of drug-likeness (QED) is 0.487. The van der Waals surface area contributed by atoms with Gasteiger partial charge >= 0.3 is 5.97 Å². The molecule has 4 rings (SSSR count). The van der Waals surface area contributed by atoms with Crippen molar-refractivity contribution in [3.05, 3.63) is 0 Å². The van der Waals surface area contributed by atoms with E-state index in [1.54, 1.807) is 0 Å². The fourth-order valence-electron chi connectivity index (χ4n) is 7.59. The molecule has 7 atom stereocenters. The van der Waals surface area contributed by atoms with E-state index in [0.717, 1.165) is 31.6 Å². The maximum atomic E-state index is 12.2. The van der Waals surface area contributed by atoms with Crippen LogP contribution in [-0.4, -0.2) is 18.4 Å². The van der Waals surface area contributed by atoms with Gasteiger partial charge in [-0.2, -0.15) is 0 Å². The summed E-state index contributed by atoms with van der Waals surface area (Å²) in [7, 11) is 0. The molecule has 0 bridgehead atoms. The second-order valence-corrected chi connectivity index (χ2v) is 10.5. The highest BCUT2D eigenvalue weighted by molar-refractivity contribution is 5.79. The molecule has 0 N–H and O–H groups in total. The standard InChI is InChI=1S/C25H36O3/c1-4-22(27)28-14-6-7-17-15-18-16-19(26)9-13-25(18,3)21-10-12-24(2)11-5-8-20(24)23(17)21/h17-18,20-21,23H,4-5,8-16H2,1-3H3/t17?,18?,20-,21+,23-,24-,25-/m0/s1. The van der Waals surface area contributed by atoms with E-state index in [4.69, 9.17) is 4.74 Å². The van der Waals surface area contributed by atoms with Gasteiger partial charge in [0, 0.05) is 25.2 Å². The third kappa shape index (κ3) is 3.31. The predicted octanol–water partition coefficient (Wildman–Crippen LogP) is 5.17. The molecular weight excluding hydrogens is 348 g/mol. The minimum Gasteiger partial charge on any atom is -0.452 e. The Kier molecular flexibility index (Phi) is 5.36. The number of esters is 1. The number of carbonyl (C=O) groups is 2. The van der Waals surface area contributed by atoms with Gasteiger partial charge in [-0.3, -0.25) is 9.59 Å². The molecule has 0 heterocycles. The first-order chi connectivity index (χ1) is 13.4. The number of carbonyl (C=O) groups excluding carboxylic acids is 2. The second kappa shape index (κ2) is 7.51. The molecule has 28 heavy (non-hydrogen) atoms. The Labute approximate surface area is 170 Å². The van der Waals surface area contributed by atoms with Crippen LogP contribution in [0.4, 0.5) is 0 Å². The van der Waals surface area contributed by atoms with Gasteiger partial charge in [0.25, 0.3) is 0 Å². The van der Waals surface area contributed by atoms with Crippen LogP contribution in [0, 0.1) is 52.3 Å². The van der Waals surface area contributed by atoms with Crippen molar-refractivity contribution in [2.75, 3.05) is 6.61 Å². The van der Waals surface area contributed by atoms with Crippen LogP contribution in [0.3, 0.4) is 0 Å². The summed E-state index contributed by atoms with van der Waals surface area (Å²) in [6.07, 6.45) is 10.8. The molecule has 0 aliphatic heterocycles. The van der Waals surface area contributed by atoms with Gasteiger partial charge in [-0.25, -0.2) is 0 Å². The van der Waals surface area contributed by atoms with E-state index in [-0.39, 0.29) is 12.6 Å². The second-order valence-electron chi connectivity index (χ2n) is 10.5. The van der Waals surface area contributed by atoms with Crippen LogP contribution in [0.2, 0.25) is 0 Å². The van der Waals surface area contributed by atoms with Crippen LogP contribution in [0.25, 0.3) is 0 Å². The van der Waals surface area contributed by atoms with Crippen LogP contribution in [0.1, 0.15) is 85.0 Å². The number of hydrogen-bond acceptors (Lipinski definition) is 3. The van der Waals surface area contributed by atoms with Crippen LogP contribution in [0.15, 0.2) is 0 Å². The van der Waals surface area contributed by atoms with E-state index in [1.807, 2.05) is 6.92 Å². The van der Waals surface area contributed by atoms with Gasteiger partial charge in [0.2, 0.25) is 0 Å². The van der Waals surface area contributed by atoms with Gasteiger partial charge < -0.3 is 4.74 Å². The van der Waals surface area contributed by atoms with Gasteiger partial charge in [-0.05, 0) is 73.0 Å². The van der Waals surface area contributed by atoms with Crippen LogP contribution in [0.5, 0.6) is 0 Å². The van der Waals surface area contributed by atoms with E-state index >= 15 is 0 Å². The normalized spacial score (nSPS) is 44.5. The predicted molar refractivity (Wildman–Crippen MR) is 109 cm³/mol. The molecule has 3 heteroatoms. The molecular formula is C25H36O3. The monoisotopic (exact) mass is 384 g/mol. The summed E-state index contributed by atoms with van der Waals surface area (Å²) in [5.41, 5.74) is 0.804. The summed E-state index contributed by atoms with van der Waals surface area (Å²) in [5, 5.41) is 0. The van der Waals surface area contributed by atoms with Crippen molar-refractivity contribution in [1.82, 2.24) is 0 Å². The zero-order valence-electron chi connectivity index (χ0n) is 17.9. The topological polar surface area (TPSA) is 43.4 Å². The molecule has 4 aliphatic rings. The lowest BCUT2D eigenvalue weighted by Crippen LogP contribution is -2.55. The Hall–Kier alpha value is -1.30. The summed E-state index contributed by atoms with van der Waals surface area (Å²) >= 11 is 0. The molecule has 0 aromatic carbocycles. The molecule has 0 radical (unpaired) electrons. The van der Waals surface area contributed by atoms with Crippen molar-refractivity contribution in [3.63, 3.8) is 0 Å². The Balaban J connectivity index is 1.61. The molecule has 4 fully saturated rings. The zero-order chi connectivity index (χ0) is 19.9. The van der Waals surface area contributed by atoms with Gasteiger partial charge in [-0.15, -0.1) is 0 Å². The molecule has 0 aromatic rings. The minimum absolute atomic E-state index is 0.178. The maximum Gasteiger partial charge on any atom is 0.306 e. The van der Waals surface area contributed by atoms with Crippen LogP contribution >= 0.6 is 0 Å². The van der Waals surface area contributed by atoms with Crippen molar-refractivity contribution in [3.8, 4) is 11.8 Å². The Morgan fingerprint density at radius 3 is 2.79 bits per heavy atom. The van der Waals surface area contributed by atoms with Crippen molar-refractivity contribution >= 4 is 11.8 Å². The highest BCUT2D eigenvalue weighted by Gasteiger charge is 2.60. The van der Waals surface area contributed by atoms with Gasteiger partial charge in [0.1, 0.15) is 5.78 Å². The number of Topliss-reactive ketones (excluding diaryl/α,β-unsaturated/α-hetero) is 1. The number of ketones is 1. The summed E-state index contributed by atoms with van der Waals surface area (Å²) in [4.78, 5) is 23.7. The average molecular weight is 385 g/mol. The first-order valence-electron chi connectivity index (χ1n) is 11.5. The number of hydrogen-bond donors (Lipinski definition) is 0. The first kappa shape index (κ1) is 20.0. The molecule has 3 nitrogen and oxygen atoms in total. The summed E-state index contributed by atoms with van der Waals surface area (Å²) in [6, 6.07) is 0. The van der Waals surface area contributed by atoms with Gasteiger partial charge in [-0.1, -0.05) is 39.0 Å². The molecule has 0 spiro atoms. The van der Waals surface area contributed by atoms with Crippen LogP contribution < -0.4 is 0 Å². The molecule has 2 unspecified atom stereocenters. The third-order valence-electron chi connectivity index (χ3n) is 9.19. The molecule has 4 aliphatic carbocycles. The van der Waals surface area contributed by atoms with Gasteiger partial charge in [0.05, 0.1) is 0 Å². The fraction of sp³-hybridized carbons (Fsp3) is 0.840. The smallest absolute Gasteiger partial charge is 0.306 e. The number of ether oxygens (including phenoxy) is 1. The lowest BCUT2D eigenvalue weighted by atomic mass is 9.43. The zero-order valence-corrected chi connectivity index (χ0v) is 17.9. The highest BCUT2D eigenvalue weighted by Crippen LogP contribution is 2.67. The van der Waals surface area contributed by atoms with E-state index in [2.05, 4.69) is 25.7 Å². The number of fused-ring (bicyclic) bond motifs is 5. The lowest BCUT2D eigenvalue weighted by Gasteiger charge is -2.61. The van der Waals surface area contributed by atoms with Crippen molar-refractivity contribution in [1.29, 1.82) is 0 Å². The number of rotatable bonds is 2. The third-order valence-corrected chi connectivity index (χ3v) is 9.19. The summed E-state index contributed by atoms with van der Waals surface area (Å²) in [5.74, 6) is 9.99. The average Bonchev–Trinajstić information content (AvgIpc) is 3.07. The van der Waals surface area contributed by atoms with Crippen LogP contribution in [-0.2, 0) is 14.3 Å². The van der Waals surface area contributed by atoms with Crippen molar-refractivity contribution < 1.29 is 14.3 Å². The summed E-state index contributed by atoms with van der Waals surface area (Å²) in [6.45, 7) is 7.04. The lowest BCUT2D eigenvalue weighted by molar-refractivity contribution is -0.143. The molecule has 0 aromatic heterocycles. The Morgan fingerprint density at radius 1 is 1.18 bits per heavy atom.